The molecule has 1 aromatic carbocycles. The Morgan fingerprint density at radius 1 is 1.13 bits per heavy atom. The zero-order valence-electron chi connectivity index (χ0n) is 18.6. The molecule has 1 saturated heterocycles. The van der Waals surface area contributed by atoms with Crippen molar-refractivity contribution in [3.05, 3.63) is 41.3 Å². The van der Waals surface area contributed by atoms with Gasteiger partial charge in [0.1, 0.15) is 11.6 Å². The first-order valence-corrected chi connectivity index (χ1v) is 10.6. The molecule has 164 valence electrons. The summed E-state index contributed by atoms with van der Waals surface area (Å²) in [5, 5.41) is 9.05. The molecule has 8 nitrogen and oxygen atoms in total. The van der Waals surface area contributed by atoms with Crippen LogP contribution in [0, 0.1) is 18.3 Å². The largest absolute Gasteiger partial charge is 0.490 e. The highest BCUT2D eigenvalue weighted by molar-refractivity contribution is 5.78. The van der Waals surface area contributed by atoms with E-state index in [1.54, 1.807) is 23.1 Å². The standard InChI is InChI=1S/C23H29N5O3/c1-5-30-20-13-18(14-24)6-7-19(20)31-15-22(29)28-10-8-27(9-11-28)21-12-17(4)25-23(26-21)16(2)3/h6-7,12-13,16H,5,8-11,15H2,1-4H3. The maximum atomic E-state index is 12.7. The van der Waals surface area contributed by atoms with Crippen molar-refractivity contribution in [3.8, 4) is 17.6 Å². The average Bonchev–Trinajstić information content (AvgIpc) is 2.77. The van der Waals surface area contributed by atoms with Crippen LogP contribution in [0.5, 0.6) is 11.5 Å². The zero-order valence-corrected chi connectivity index (χ0v) is 18.6. The Kier molecular flexibility index (Phi) is 7.29. The Morgan fingerprint density at radius 3 is 2.52 bits per heavy atom. The van der Waals surface area contributed by atoms with Crippen molar-refractivity contribution in [2.75, 3.05) is 44.3 Å². The van der Waals surface area contributed by atoms with E-state index in [9.17, 15) is 4.79 Å². The number of ether oxygens (including phenoxy) is 2. The molecule has 0 bridgehead atoms. The number of carbonyl (C=O) groups excluding carboxylic acids is 1. The van der Waals surface area contributed by atoms with Gasteiger partial charge >= 0.3 is 0 Å². The number of hydrogen-bond acceptors (Lipinski definition) is 7. The molecule has 1 fully saturated rings. The van der Waals surface area contributed by atoms with Crippen LogP contribution in [-0.2, 0) is 4.79 Å². The summed E-state index contributed by atoms with van der Waals surface area (Å²) >= 11 is 0. The third kappa shape index (κ3) is 5.63. The quantitative estimate of drug-likeness (QED) is 0.676. The van der Waals surface area contributed by atoms with Gasteiger partial charge in [-0.15, -0.1) is 0 Å². The number of anilines is 1. The predicted octanol–water partition coefficient (Wildman–Crippen LogP) is 2.91. The minimum atomic E-state index is -0.0757. The van der Waals surface area contributed by atoms with Gasteiger partial charge in [-0.2, -0.15) is 5.26 Å². The van der Waals surface area contributed by atoms with Gasteiger partial charge in [0.2, 0.25) is 0 Å². The van der Waals surface area contributed by atoms with Gasteiger partial charge in [0.05, 0.1) is 18.2 Å². The lowest BCUT2D eigenvalue weighted by Crippen LogP contribution is -2.50. The lowest BCUT2D eigenvalue weighted by molar-refractivity contribution is -0.133. The monoisotopic (exact) mass is 423 g/mol. The minimum Gasteiger partial charge on any atom is -0.490 e. The van der Waals surface area contributed by atoms with E-state index in [4.69, 9.17) is 19.7 Å². The maximum absolute atomic E-state index is 12.7. The van der Waals surface area contributed by atoms with Crippen LogP contribution in [0.25, 0.3) is 0 Å². The van der Waals surface area contributed by atoms with Gasteiger partial charge < -0.3 is 19.3 Å². The molecule has 0 aliphatic carbocycles. The fourth-order valence-corrected chi connectivity index (χ4v) is 3.38. The van der Waals surface area contributed by atoms with Crippen molar-refractivity contribution in [2.24, 2.45) is 0 Å². The number of benzene rings is 1. The van der Waals surface area contributed by atoms with Crippen LogP contribution in [0.3, 0.4) is 0 Å². The second-order valence-electron chi connectivity index (χ2n) is 7.74. The number of rotatable bonds is 7. The number of aryl methyl sites for hydroxylation is 1. The van der Waals surface area contributed by atoms with E-state index in [-0.39, 0.29) is 18.4 Å². The first-order chi connectivity index (χ1) is 14.9. The molecule has 2 heterocycles. The Bertz CT molecular complexity index is 962. The third-order valence-electron chi connectivity index (χ3n) is 5.05. The number of aromatic nitrogens is 2. The summed E-state index contributed by atoms with van der Waals surface area (Å²) in [6.45, 7) is 11.0. The third-order valence-corrected chi connectivity index (χ3v) is 5.05. The lowest BCUT2D eigenvalue weighted by Gasteiger charge is -2.35. The summed E-state index contributed by atoms with van der Waals surface area (Å²) in [5.41, 5.74) is 1.44. The molecule has 1 aliphatic heterocycles. The number of piperazine rings is 1. The molecule has 0 atom stereocenters. The van der Waals surface area contributed by atoms with E-state index in [1.165, 1.54) is 0 Å². The first-order valence-electron chi connectivity index (χ1n) is 10.6. The van der Waals surface area contributed by atoms with E-state index in [0.717, 1.165) is 17.3 Å². The fraction of sp³-hybridized carbons (Fsp3) is 0.478. The minimum absolute atomic E-state index is 0.0733. The normalized spacial score (nSPS) is 13.8. The van der Waals surface area contributed by atoms with Crippen LogP contribution in [-0.4, -0.2) is 60.2 Å². The summed E-state index contributed by atoms with van der Waals surface area (Å²) < 4.78 is 11.3. The van der Waals surface area contributed by atoms with Gasteiger partial charge in [0.15, 0.2) is 18.1 Å². The topological polar surface area (TPSA) is 91.6 Å². The molecule has 31 heavy (non-hydrogen) atoms. The van der Waals surface area contributed by atoms with Crippen LogP contribution in [0.15, 0.2) is 24.3 Å². The number of carbonyl (C=O) groups is 1. The van der Waals surface area contributed by atoms with Crippen LogP contribution in [0.4, 0.5) is 5.82 Å². The molecular weight excluding hydrogens is 394 g/mol. The summed E-state index contributed by atoms with van der Waals surface area (Å²) in [6.07, 6.45) is 0. The lowest BCUT2D eigenvalue weighted by atomic mass is 10.2. The Morgan fingerprint density at radius 2 is 1.87 bits per heavy atom. The summed E-state index contributed by atoms with van der Waals surface area (Å²) in [4.78, 5) is 25.9. The van der Waals surface area contributed by atoms with Gasteiger partial charge in [0.25, 0.3) is 5.91 Å². The molecule has 1 aliphatic rings. The highest BCUT2D eigenvalue weighted by Gasteiger charge is 2.23. The summed E-state index contributed by atoms with van der Waals surface area (Å²) in [5.74, 6) is 2.88. The Labute approximate surface area is 183 Å². The Hall–Kier alpha value is -3.34. The van der Waals surface area contributed by atoms with Crippen molar-refractivity contribution in [1.29, 1.82) is 5.26 Å². The van der Waals surface area contributed by atoms with Crippen LogP contribution in [0.2, 0.25) is 0 Å². The van der Waals surface area contributed by atoms with Crippen LogP contribution >= 0.6 is 0 Å². The van der Waals surface area contributed by atoms with Gasteiger partial charge in [-0.3, -0.25) is 4.79 Å². The number of hydrogen-bond donors (Lipinski definition) is 0. The SMILES string of the molecule is CCOc1cc(C#N)ccc1OCC(=O)N1CCN(c2cc(C)nc(C(C)C)n2)CC1. The molecule has 0 saturated carbocycles. The molecule has 0 unspecified atom stereocenters. The van der Waals surface area contributed by atoms with Crippen LogP contribution in [0.1, 0.15) is 43.8 Å². The first kappa shape index (κ1) is 22.3. The second-order valence-corrected chi connectivity index (χ2v) is 7.74. The van der Waals surface area contributed by atoms with Gasteiger partial charge in [0, 0.05) is 49.9 Å². The number of nitrogens with zero attached hydrogens (tertiary/aromatic N) is 5. The smallest absolute Gasteiger partial charge is 0.260 e. The van der Waals surface area contributed by atoms with Gasteiger partial charge in [-0.05, 0) is 26.0 Å². The summed E-state index contributed by atoms with van der Waals surface area (Å²) in [6, 6.07) is 9.00. The highest BCUT2D eigenvalue weighted by Crippen LogP contribution is 2.28. The zero-order chi connectivity index (χ0) is 22.4. The maximum Gasteiger partial charge on any atom is 0.260 e. The molecular formula is C23H29N5O3. The molecule has 0 radical (unpaired) electrons. The van der Waals surface area contributed by atoms with Crippen molar-refractivity contribution >= 4 is 11.7 Å². The van der Waals surface area contributed by atoms with E-state index < -0.39 is 0 Å². The van der Waals surface area contributed by atoms with Crippen molar-refractivity contribution < 1.29 is 14.3 Å². The number of nitriles is 1. The Balaban J connectivity index is 1.57. The van der Waals surface area contributed by atoms with Crippen molar-refractivity contribution in [3.63, 3.8) is 0 Å². The van der Waals surface area contributed by atoms with E-state index in [2.05, 4.69) is 29.8 Å². The molecule has 8 heteroatoms. The summed E-state index contributed by atoms with van der Waals surface area (Å²) in [7, 11) is 0. The predicted molar refractivity (Wildman–Crippen MR) is 117 cm³/mol. The molecule has 1 amide bonds. The average molecular weight is 424 g/mol. The molecule has 1 aromatic heterocycles. The van der Waals surface area contributed by atoms with Gasteiger partial charge in [-0.25, -0.2) is 9.97 Å². The van der Waals surface area contributed by atoms with Gasteiger partial charge in [-0.1, -0.05) is 13.8 Å². The molecule has 2 aromatic rings. The molecule has 0 spiro atoms. The van der Waals surface area contributed by atoms with Crippen LogP contribution < -0.4 is 14.4 Å². The van der Waals surface area contributed by atoms with E-state index in [1.807, 2.05) is 19.9 Å². The molecule has 0 N–H and O–H groups in total. The van der Waals surface area contributed by atoms with E-state index in [0.29, 0.717) is 49.8 Å². The van der Waals surface area contributed by atoms with E-state index >= 15 is 0 Å². The second kappa shape index (κ2) is 10.1. The molecule has 3 rings (SSSR count). The van der Waals surface area contributed by atoms with Crippen molar-refractivity contribution in [1.82, 2.24) is 14.9 Å². The highest BCUT2D eigenvalue weighted by atomic mass is 16.5. The number of amides is 1. The van der Waals surface area contributed by atoms with Crippen molar-refractivity contribution in [2.45, 2.75) is 33.6 Å². The fourth-order valence-electron chi connectivity index (χ4n) is 3.38.